The second-order valence-electron chi connectivity index (χ2n) is 6.03. The maximum atomic E-state index is 6.13. The van der Waals surface area contributed by atoms with E-state index in [0.29, 0.717) is 5.15 Å². The van der Waals surface area contributed by atoms with E-state index in [9.17, 15) is 0 Å². The van der Waals surface area contributed by atoms with Gasteiger partial charge in [0.1, 0.15) is 5.15 Å². The van der Waals surface area contributed by atoms with Gasteiger partial charge in [-0.05, 0) is 42.0 Å². The Morgan fingerprint density at radius 2 is 1.14 bits per heavy atom. The molecule has 0 saturated heterocycles. The minimum absolute atomic E-state index is 0.517. The molecule has 5 rings (SSSR count). The Balaban J connectivity index is 0.000000151. The molecule has 5 heteroatoms. The molecule has 0 aliphatic heterocycles. The fourth-order valence-corrected chi connectivity index (χ4v) is 3.42. The van der Waals surface area contributed by atoms with E-state index >= 15 is 0 Å². The van der Waals surface area contributed by atoms with Crippen molar-refractivity contribution in [1.29, 1.82) is 0 Å². The summed E-state index contributed by atoms with van der Waals surface area (Å²) in [7, 11) is 0. The summed E-state index contributed by atoms with van der Waals surface area (Å²) in [5, 5.41) is 3.38. The maximum Gasteiger partial charge on any atom is 0.136 e. The summed E-state index contributed by atoms with van der Waals surface area (Å²) >= 11 is 12.0. The highest BCUT2D eigenvalue weighted by Gasteiger charge is 2.07. The number of nitrogens with zero attached hydrogens (tertiary/aromatic N) is 3. The molecule has 136 valence electrons. The molecule has 0 unspecified atom stereocenters. The van der Waals surface area contributed by atoms with Crippen molar-refractivity contribution in [2.24, 2.45) is 0 Å². The molecular weight excluding hydrogens is 389 g/mol. The number of halogens is 2. The highest BCUT2D eigenvalue weighted by atomic mass is 35.5. The Hall–Kier alpha value is -3.01. The number of hydrogen-bond donors (Lipinski definition) is 0. The lowest BCUT2D eigenvalue weighted by atomic mass is 10.0. The molecule has 0 saturated carbocycles. The van der Waals surface area contributed by atoms with Crippen molar-refractivity contribution < 1.29 is 0 Å². The number of aromatic nitrogens is 3. The lowest BCUT2D eigenvalue weighted by Crippen LogP contribution is -1.86. The van der Waals surface area contributed by atoms with Gasteiger partial charge in [-0.25, -0.2) is 4.98 Å². The van der Waals surface area contributed by atoms with Crippen LogP contribution in [0.4, 0.5) is 0 Å². The van der Waals surface area contributed by atoms with Crippen molar-refractivity contribution in [3.63, 3.8) is 0 Å². The summed E-state index contributed by atoms with van der Waals surface area (Å²) in [5.41, 5.74) is 3.91. The molecule has 28 heavy (non-hydrogen) atoms. The van der Waals surface area contributed by atoms with Crippen molar-refractivity contribution in [3.8, 4) is 11.1 Å². The monoisotopic (exact) mass is 403 g/mol. The SMILES string of the molecule is Clc1ccnc2ccccc12.Clc1ncccc1-c1ccnc2ccccc12. The van der Waals surface area contributed by atoms with Crippen molar-refractivity contribution >= 4 is 45.0 Å². The Kier molecular flexibility index (Phi) is 5.47. The van der Waals surface area contributed by atoms with Crippen molar-refractivity contribution in [1.82, 2.24) is 15.0 Å². The van der Waals surface area contributed by atoms with E-state index in [2.05, 4.69) is 15.0 Å². The fraction of sp³-hybridized carbons (Fsp3) is 0. The van der Waals surface area contributed by atoms with Crippen LogP contribution in [0.2, 0.25) is 10.2 Å². The number of fused-ring (bicyclic) bond motifs is 2. The van der Waals surface area contributed by atoms with Crippen LogP contribution in [-0.2, 0) is 0 Å². The van der Waals surface area contributed by atoms with Gasteiger partial charge >= 0.3 is 0 Å². The molecular formula is C23H15Cl2N3. The maximum absolute atomic E-state index is 6.13. The molecule has 0 aliphatic carbocycles. The Labute approximate surface area is 172 Å². The zero-order valence-electron chi connectivity index (χ0n) is 14.8. The minimum Gasteiger partial charge on any atom is -0.256 e. The van der Waals surface area contributed by atoms with Crippen LogP contribution in [-0.4, -0.2) is 15.0 Å². The summed E-state index contributed by atoms with van der Waals surface area (Å²) in [6, 6.07) is 23.4. The van der Waals surface area contributed by atoms with Crippen molar-refractivity contribution in [3.05, 3.63) is 102 Å². The van der Waals surface area contributed by atoms with Crippen LogP contribution in [0.5, 0.6) is 0 Å². The van der Waals surface area contributed by atoms with E-state index in [1.807, 2.05) is 66.7 Å². The lowest BCUT2D eigenvalue weighted by Gasteiger charge is -2.06. The second-order valence-corrected chi connectivity index (χ2v) is 6.79. The molecule has 0 aliphatic rings. The quantitative estimate of drug-likeness (QED) is 0.287. The molecule has 0 fully saturated rings. The molecule has 5 aromatic rings. The summed E-state index contributed by atoms with van der Waals surface area (Å²) in [5.74, 6) is 0. The highest BCUT2D eigenvalue weighted by Crippen LogP contribution is 2.31. The predicted octanol–water partition coefficient (Wildman–Crippen LogP) is 6.84. The molecule has 0 atom stereocenters. The summed E-state index contributed by atoms with van der Waals surface area (Å²) in [6.07, 6.45) is 5.20. The van der Waals surface area contributed by atoms with E-state index in [4.69, 9.17) is 23.2 Å². The van der Waals surface area contributed by atoms with Gasteiger partial charge in [-0.3, -0.25) is 9.97 Å². The number of benzene rings is 2. The van der Waals surface area contributed by atoms with Crippen molar-refractivity contribution in [2.75, 3.05) is 0 Å². The van der Waals surface area contributed by atoms with Gasteiger partial charge in [0.25, 0.3) is 0 Å². The molecule has 2 aromatic carbocycles. The third-order valence-corrected chi connectivity index (χ3v) is 4.92. The molecule has 3 nitrogen and oxygen atoms in total. The van der Waals surface area contributed by atoms with E-state index in [-0.39, 0.29) is 0 Å². The third-order valence-electron chi connectivity index (χ3n) is 4.29. The second kappa shape index (κ2) is 8.34. The van der Waals surface area contributed by atoms with Crippen LogP contribution in [0, 0.1) is 0 Å². The predicted molar refractivity (Wildman–Crippen MR) is 117 cm³/mol. The van der Waals surface area contributed by atoms with Crippen LogP contribution < -0.4 is 0 Å². The smallest absolute Gasteiger partial charge is 0.136 e. The van der Waals surface area contributed by atoms with Gasteiger partial charge in [-0.2, -0.15) is 0 Å². The van der Waals surface area contributed by atoms with Gasteiger partial charge in [0.2, 0.25) is 0 Å². The summed E-state index contributed by atoms with van der Waals surface area (Å²) in [4.78, 5) is 12.6. The lowest BCUT2D eigenvalue weighted by molar-refractivity contribution is 1.33. The normalized spacial score (nSPS) is 10.5. The topological polar surface area (TPSA) is 38.7 Å². The van der Waals surface area contributed by atoms with Gasteiger partial charge in [0, 0.05) is 34.9 Å². The highest BCUT2D eigenvalue weighted by molar-refractivity contribution is 6.35. The molecule has 0 spiro atoms. The first-order valence-electron chi connectivity index (χ1n) is 8.68. The van der Waals surface area contributed by atoms with E-state index < -0.39 is 0 Å². The standard InChI is InChI=1S/C14H9ClN2.C9H6ClN/c15-14-12(5-3-8-17-14)10-7-9-16-13-6-2-1-4-11(10)13;10-8-5-6-11-9-4-2-1-3-7(8)9/h1-9H;1-6H. The first-order chi connectivity index (χ1) is 13.7. The Morgan fingerprint density at radius 3 is 1.86 bits per heavy atom. The third kappa shape index (κ3) is 3.81. The van der Waals surface area contributed by atoms with Crippen LogP contribution in [0.25, 0.3) is 32.9 Å². The molecule has 0 bridgehead atoms. The minimum atomic E-state index is 0.517. The van der Waals surface area contributed by atoms with Crippen LogP contribution in [0.3, 0.4) is 0 Å². The van der Waals surface area contributed by atoms with Gasteiger partial charge in [-0.15, -0.1) is 0 Å². The summed E-state index contributed by atoms with van der Waals surface area (Å²) in [6.45, 7) is 0. The summed E-state index contributed by atoms with van der Waals surface area (Å²) < 4.78 is 0. The zero-order chi connectivity index (χ0) is 19.3. The number of hydrogen-bond acceptors (Lipinski definition) is 3. The van der Waals surface area contributed by atoms with Crippen LogP contribution in [0.1, 0.15) is 0 Å². The fourth-order valence-electron chi connectivity index (χ4n) is 2.98. The van der Waals surface area contributed by atoms with Crippen LogP contribution >= 0.6 is 23.2 Å². The Bertz CT molecular complexity index is 1240. The van der Waals surface area contributed by atoms with Crippen molar-refractivity contribution in [2.45, 2.75) is 0 Å². The van der Waals surface area contributed by atoms with Gasteiger partial charge in [-0.1, -0.05) is 59.6 Å². The van der Waals surface area contributed by atoms with Gasteiger partial charge < -0.3 is 0 Å². The average molecular weight is 404 g/mol. The molecule has 3 aromatic heterocycles. The van der Waals surface area contributed by atoms with E-state index in [1.54, 1.807) is 24.7 Å². The molecule has 0 radical (unpaired) electrons. The van der Waals surface area contributed by atoms with Gasteiger partial charge in [0.15, 0.2) is 0 Å². The number of para-hydroxylation sites is 2. The number of rotatable bonds is 1. The molecule has 0 N–H and O–H groups in total. The largest absolute Gasteiger partial charge is 0.256 e. The first kappa shape index (κ1) is 18.4. The van der Waals surface area contributed by atoms with Gasteiger partial charge in [0.05, 0.1) is 16.1 Å². The zero-order valence-corrected chi connectivity index (χ0v) is 16.3. The van der Waals surface area contributed by atoms with E-state index in [0.717, 1.165) is 38.0 Å². The van der Waals surface area contributed by atoms with E-state index in [1.165, 1.54) is 0 Å². The average Bonchev–Trinajstić information content (AvgIpc) is 2.75. The van der Waals surface area contributed by atoms with Crippen LogP contribution in [0.15, 0.2) is 91.4 Å². The molecule has 3 heterocycles. The number of pyridine rings is 3. The molecule has 0 amide bonds. The first-order valence-corrected chi connectivity index (χ1v) is 9.43. The Morgan fingerprint density at radius 1 is 0.500 bits per heavy atom.